The van der Waals surface area contributed by atoms with Crippen LogP contribution in [0.5, 0.6) is 0 Å². The molecule has 0 radical (unpaired) electrons. The Bertz CT molecular complexity index is 568. The molecule has 20 heavy (non-hydrogen) atoms. The Labute approximate surface area is 123 Å². The maximum absolute atomic E-state index is 6.01. The average Bonchev–Trinajstić information content (AvgIpc) is 2.74. The Hall–Kier alpha value is -1.55. The van der Waals surface area contributed by atoms with Crippen molar-refractivity contribution in [3.05, 3.63) is 29.0 Å². The zero-order chi connectivity index (χ0) is 13.9. The van der Waals surface area contributed by atoms with E-state index in [-0.39, 0.29) is 0 Å². The van der Waals surface area contributed by atoms with Crippen molar-refractivity contribution in [1.82, 2.24) is 10.1 Å². The number of halogens is 1. The fourth-order valence-corrected chi connectivity index (χ4v) is 3.03. The molecule has 3 rings (SSSR count). The molecule has 0 spiro atoms. The second kappa shape index (κ2) is 5.83. The van der Waals surface area contributed by atoms with Gasteiger partial charge in [0.15, 0.2) is 5.82 Å². The fraction of sp³-hybridized carbons (Fsp3) is 0.467. The Balaban J connectivity index is 1.85. The molecule has 1 fully saturated rings. The molecule has 0 atom stereocenters. The van der Waals surface area contributed by atoms with Gasteiger partial charge in [0.25, 0.3) is 5.89 Å². The van der Waals surface area contributed by atoms with E-state index in [0.29, 0.717) is 22.5 Å². The molecule has 1 aliphatic rings. The van der Waals surface area contributed by atoms with Gasteiger partial charge in [0.2, 0.25) is 0 Å². The van der Waals surface area contributed by atoms with E-state index in [9.17, 15) is 0 Å². The van der Waals surface area contributed by atoms with Gasteiger partial charge in [-0.3, -0.25) is 0 Å². The maximum Gasteiger partial charge on any atom is 0.258 e. The van der Waals surface area contributed by atoms with E-state index in [1.165, 1.54) is 25.7 Å². The molecule has 5 heteroatoms. The van der Waals surface area contributed by atoms with Crippen LogP contribution in [0.1, 0.15) is 50.3 Å². The monoisotopic (exact) mass is 291 g/mol. The summed E-state index contributed by atoms with van der Waals surface area (Å²) in [6.45, 7) is 0. The molecule has 1 aromatic heterocycles. The summed E-state index contributed by atoms with van der Waals surface area (Å²) < 4.78 is 5.38. The minimum absolute atomic E-state index is 0.423. The summed E-state index contributed by atoms with van der Waals surface area (Å²) in [4.78, 5) is 4.54. The van der Waals surface area contributed by atoms with Crippen LogP contribution in [0, 0.1) is 0 Å². The predicted molar refractivity (Wildman–Crippen MR) is 79.6 cm³/mol. The first-order chi connectivity index (χ1) is 9.72. The summed E-state index contributed by atoms with van der Waals surface area (Å²) in [5.74, 6) is 1.74. The number of hydrogen-bond donors (Lipinski definition) is 1. The molecular weight excluding hydrogens is 274 g/mol. The van der Waals surface area contributed by atoms with E-state index in [0.717, 1.165) is 24.2 Å². The summed E-state index contributed by atoms with van der Waals surface area (Å²) >= 11 is 6.01. The number of nitrogen functional groups attached to an aromatic ring is 1. The van der Waals surface area contributed by atoms with E-state index in [4.69, 9.17) is 21.9 Å². The maximum atomic E-state index is 6.01. The summed E-state index contributed by atoms with van der Waals surface area (Å²) in [7, 11) is 0. The largest absolute Gasteiger partial charge is 0.399 e. The van der Waals surface area contributed by atoms with Crippen molar-refractivity contribution in [2.75, 3.05) is 5.73 Å². The number of rotatable bonds is 2. The van der Waals surface area contributed by atoms with Gasteiger partial charge in [-0.05, 0) is 31.0 Å². The van der Waals surface area contributed by atoms with Crippen molar-refractivity contribution in [3.63, 3.8) is 0 Å². The number of anilines is 1. The summed E-state index contributed by atoms with van der Waals surface area (Å²) in [5, 5.41) is 4.73. The number of benzene rings is 1. The van der Waals surface area contributed by atoms with Crippen LogP contribution in [-0.2, 0) is 0 Å². The SMILES string of the molecule is Nc1cc(Cl)cc(-c2nc(C3CCCCCC3)no2)c1. The topological polar surface area (TPSA) is 64.9 Å². The lowest BCUT2D eigenvalue weighted by Gasteiger charge is -2.07. The van der Waals surface area contributed by atoms with Crippen LogP contribution < -0.4 is 5.73 Å². The third-order valence-corrected chi connectivity index (χ3v) is 4.05. The lowest BCUT2D eigenvalue weighted by atomic mass is 10.00. The van der Waals surface area contributed by atoms with Gasteiger partial charge < -0.3 is 10.3 Å². The zero-order valence-electron chi connectivity index (χ0n) is 11.3. The molecule has 1 aromatic carbocycles. The summed E-state index contributed by atoms with van der Waals surface area (Å²) in [6.07, 6.45) is 7.42. The molecule has 0 unspecified atom stereocenters. The molecule has 0 amide bonds. The van der Waals surface area contributed by atoms with Crippen molar-refractivity contribution < 1.29 is 4.52 Å². The minimum atomic E-state index is 0.423. The van der Waals surface area contributed by atoms with Gasteiger partial charge >= 0.3 is 0 Å². The highest BCUT2D eigenvalue weighted by atomic mass is 35.5. The van der Waals surface area contributed by atoms with Crippen LogP contribution in [-0.4, -0.2) is 10.1 Å². The zero-order valence-corrected chi connectivity index (χ0v) is 12.1. The molecule has 1 aliphatic carbocycles. The highest BCUT2D eigenvalue weighted by molar-refractivity contribution is 6.31. The second-order valence-electron chi connectivity index (χ2n) is 5.42. The van der Waals surface area contributed by atoms with Gasteiger partial charge in [-0.25, -0.2) is 0 Å². The highest BCUT2D eigenvalue weighted by Crippen LogP contribution is 2.32. The van der Waals surface area contributed by atoms with Crippen LogP contribution in [0.25, 0.3) is 11.5 Å². The Kier molecular flexibility index (Phi) is 3.92. The highest BCUT2D eigenvalue weighted by Gasteiger charge is 2.20. The van der Waals surface area contributed by atoms with Crippen molar-refractivity contribution in [1.29, 1.82) is 0 Å². The normalized spacial score (nSPS) is 17.1. The molecule has 2 aromatic rings. The molecule has 1 heterocycles. The minimum Gasteiger partial charge on any atom is -0.399 e. The van der Waals surface area contributed by atoms with Crippen LogP contribution in [0.2, 0.25) is 5.02 Å². The van der Waals surface area contributed by atoms with Crippen molar-refractivity contribution in [2.45, 2.75) is 44.4 Å². The number of nitrogens with zero attached hydrogens (tertiary/aromatic N) is 2. The van der Waals surface area contributed by atoms with Gasteiger partial charge in [-0.1, -0.05) is 42.4 Å². The average molecular weight is 292 g/mol. The molecule has 0 bridgehead atoms. The molecule has 0 saturated heterocycles. The van der Waals surface area contributed by atoms with Crippen molar-refractivity contribution in [2.24, 2.45) is 0 Å². The van der Waals surface area contributed by atoms with Crippen LogP contribution in [0.15, 0.2) is 22.7 Å². The van der Waals surface area contributed by atoms with Gasteiger partial charge in [0.05, 0.1) is 0 Å². The predicted octanol–water partition coefficient (Wildman–Crippen LogP) is 4.41. The first kappa shape index (κ1) is 13.4. The van der Waals surface area contributed by atoms with Crippen LogP contribution in [0.4, 0.5) is 5.69 Å². The Morgan fingerprint density at radius 3 is 2.55 bits per heavy atom. The standard InChI is InChI=1S/C15H18ClN3O/c16-12-7-11(8-13(17)9-12)15-18-14(19-20-15)10-5-3-1-2-4-6-10/h7-10H,1-6,17H2. The van der Waals surface area contributed by atoms with E-state index >= 15 is 0 Å². The third-order valence-electron chi connectivity index (χ3n) is 3.83. The second-order valence-corrected chi connectivity index (χ2v) is 5.86. The van der Waals surface area contributed by atoms with Crippen LogP contribution in [0.3, 0.4) is 0 Å². The van der Waals surface area contributed by atoms with Gasteiger partial charge in [-0.15, -0.1) is 0 Å². The fourth-order valence-electron chi connectivity index (χ4n) is 2.79. The van der Waals surface area contributed by atoms with Crippen molar-refractivity contribution in [3.8, 4) is 11.5 Å². The molecule has 4 nitrogen and oxygen atoms in total. The molecule has 0 aliphatic heterocycles. The lowest BCUT2D eigenvalue weighted by Crippen LogP contribution is -1.99. The van der Waals surface area contributed by atoms with Crippen LogP contribution >= 0.6 is 11.6 Å². The number of nitrogens with two attached hydrogens (primary N) is 1. The smallest absolute Gasteiger partial charge is 0.258 e. The van der Waals surface area contributed by atoms with Crippen molar-refractivity contribution >= 4 is 17.3 Å². The number of hydrogen-bond acceptors (Lipinski definition) is 4. The Morgan fingerprint density at radius 1 is 1.10 bits per heavy atom. The van der Waals surface area contributed by atoms with E-state index in [1.54, 1.807) is 18.2 Å². The summed E-state index contributed by atoms with van der Waals surface area (Å²) in [5.41, 5.74) is 7.17. The summed E-state index contributed by atoms with van der Waals surface area (Å²) in [6, 6.07) is 5.30. The van der Waals surface area contributed by atoms with Gasteiger partial charge in [0, 0.05) is 22.2 Å². The molecule has 1 saturated carbocycles. The lowest BCUT2D eigenvalue weighted by molar-refractivity contribution is 0.410. The van der Waals surface area contributed by atoms with Gasteiger partial charge in [0.1, 0.15) is 0 Å². The van der Waals surface area contributed by atoms with E-state index in [2.05, 4.69) is 10.1 Å². The first-order valence-corrected chi connectivity index (χ1v) is 7.50. The number of aromatic nitrogens is 2. The quantitative estimate of drug-likeness (QED) is 0.657. The first-order valence-electron chi connectivity index (χ1n) is 7.12. The molecular formula is C15H18ClN3O. The van der Waals surface area contributed by atoms with E-state index in [1.807, 2.05) is 0 Å². The Morgan fingerprint density at radius 2 is 1.85 bits per heavy atom. The molecule has 106 valence electrons. The third kappa shape index (κ3) is 2.96. The molecule has 2 N–H and O–H groups in total. The van der Waals surface area contributed by atoms with E-state index < -0.39 is 0 Å². The van der Waals surface area contributed by atoms with Gasteiger partial charge in [-0.2, -0.15) is 4.98 Å².